The first-order valence-electron chi connectivity index (χ1n) is 9.79. The van der Waals surface area contributed by atoms with Crippen molar-refractivity contribution < 1.29 is 9.53 Å². The van der Waals surface area contributed by atoms with Crippen LogP contribution in [0.2, 0.25) is 5.02 Å². The molecule has 3 rings (SSSR count). The Morgan fingerprint density at radius 1 is 1.21 bits per heavy atom. The molecule has 0 radical (unpaired) electrons. The van der Waals surface area contributed by atoms with Crippen LogP contribution < -0.4 is 5.32 Å². The Hall–Kier alpha value is -1.89. The lowest BCUT2D eigenvalue weighted by molar-refractivity contribution is -0.120. The molecule has 1 saturated heterocycles. The molecule has 1 aliphatic rings. The second-order valence-electron chi connectivity index (χ2n) is 7.58. The summed E-state index contributed by atoms with van der Waals surface area (Å²) in [4.78, 5) is 14.8. The van der Waals surface area contributed by atoms with E-state index in [1.54, 1.807) is 0 Å². The van der Waals surface area contributed by atoms with Crippen LogP contribution >= 0.6 is 11.6 Å². The summed E-state index contributed by atoms with van der Waals surface area (Å²) in [5.74, 6) is 0.0243. The van der Waals surface area contributed by atoms with Crippen molar-refractivity contribution >= 4 is 17.5 Å². The van der Waals surface area contributed by atoms with Crippen molar-refractivity contribution in [2.45, 2.75) is 46.3 Å². The smallest absolute Gasteiger partial charge is 0.224 e. The number of carbonyl (C=O) groups excluding carboxylic acids is 1. The van der Waals surface area contributed by atoms with Gasteiger partial charge in [0.15, 0.2) is 0 Å². The number of rotatable bonds is 6. The lowest BCUT2D eigenvalue weighted by Gasteiger charge is -2.35. The Morgan fingerprint density at radius 3 is 2.50 bits per heavy atom. The summed E-state index contributed by atoms with van der Waals surface area (Å²) in [5, 5.41) is 8.34. The van der Waals surface area contributed by atoms with Crippen molar-refractivity contribution in [3.63, 3.8) is 0 Å². The minimum Gasteiger partial charge on any atom is -0.373 e. The summed E-state index contributed by atoms with van der Waals surface area (Å²) in [6.45, 7) is 11.4. The molecule has 1 aromatic carbocycles. The minimum absolute atomic E-state index is 0.0243. The number of nitrogens with one attached hydrogen (secondary N) is 1. The van der Waals surface area contributed by atoms with E-state index >= 15 is 0 Å². The van der Waals surface area contributed by atoms with Gasteiger partial charge in [-0.15, -0.1) is 0 Å². The van der Waals surface area contributed by atoms with Gasteiger partial charge in [-0.05, 0) is 52.0 Å². The molecule has 0 unspecified atom stereocenters. The zero-order valence-electron chi connectivity index (χ0n) is 17.0. The van der Waals surface area contributed by atoms with Crippen LogP contribution in [0, 0.1) is 13.8 Å². The third kappa shape index (κ3) is 5.13. The molecule has 0 saturated carbocycles. The number of hydrogen-bond donors (Lipinski definition) is 1. The van der Waals surface area contributed by atoms with E-state index in [2.05, 4.69) is 29.2 Å². The number of ether oxygens (including phenoxy) is 1. The van der Waals surface area contributed by atoms with Crippen LogP contribution in [0.3, 0.4) is 0 Å². The second-order valence-corrected chi connectivity index (χ2v) is 8.02. The highest BCUT2D eigenvalue weighted by atomic mass is 35.5. The van der Waals surface area contributed by atoms with Gasteiger partial charge >= 0.3 is 0 Å². The SMILES string of the molecule is Cc1nn(-c2ccc(Cl)cc2)c(C)c1CC(=O)NCCN1C[C@H](C)O[C@@H](C)C1. The minimum atomic E-state index is 0.0243. The highest BCUT2D eigenvalue weighted by Gasteiger charge is 2.22. The van der Waals surface area contributed by atoms with E-state index < -0.39 is 0 Å². The summed E-state index contributed by atoms with van der Waals surface area (Å²) in [6.07, 6.45) is 0.813. The first-order valence-corrected chi connectivity index (χ1v) is 10.2. The van der Waals surface area contributed by atoms with Crippen molar-refractivity contribution in [1.82, 2.24) is 20.0 Å². The molecular weight excluding hydrogens is 376 g/mol. The van der Waals surface area contributed by atoms with Gasteiger partial charge < -0.3 is 10.1 Å². The van der Waals surface area contributed by atoms with Crippen molar-refractivity contribution in [3.8, 4) is 5.69 Å². The zero-order valence-corrected chi connectivity index (χ0v) is 17.8. The van der Waals surface area contributed by atoms with Gasteiger partial charge in [-0.25, -0.2) is 4.68 Å². The lowest BCUT2D eigenvalue weighted by Crippen LogP contribution is -2.48. The maximum atomic E-state index is 12.5. The fraction of sp³-hybridized carbons (Fsp3) is 0.524. The fourth-order valence-corrected chi connectivity index (χ4v) is 3.93. The Labute approximate surface area is 171 Å². The number of aromatic nitrogens is 2. The van der Waals surface area contributed by atoms with Gasteiger partial charge in [-0.2, -0.15) is 5.10 Å². The average Bonchev–Trinajstić information content (AvgIpc) is 2.90. The standard InChI is InChI=1S/C21H29ClN4O2/c1-14-12-25(13-15(2)28-14)10-9-23-21(27)11-20-16(3)24-26(17(20)4)19-7-5-18(22)6-8-19/h5-8,14-15H,9-13H2,1-4H3,(H,23,27)/t14-,15-/m0/s1. The number of amides is 1. The molecule has 1 N–H and O–H groups in total. The molecule has 1 fully saturated rings. The second kappa shape index (κ2) is 9.07. The number of halogens is 1. The summed E-state index contributed by atoms with van der Waals surface area (Å²) >= 11 is 5.97. The average molecular weight is 405 g/mol. The number of carbonyl (C=O) groups is 1. The summed E-state index contributed by atoms with van der Waals surface area (Å²) in [7, 11) is 0. The van der Waals surface area contributed by atoms with Crippen LogP contribution in [0.15, 0.2) is 24.3 Å². The molecule has 2 atom stereocenters. The van der Waals surface area contributed by atoms with Crippen LogP contribution in [-0.2, 0) is 16.0 Å². The van der Waals surface area contributed by atoms with E-state index in [4.69, 9.17) is 16.3 Å². The van der Waals surface area contributed by atoms with E-state index in [1.165, 1.54) is 0 Å². The molecule has 152 valence electrons. The lowest BCUT2D eigenvalue weighted by atomic mass is 10.1. The Balaban J connectivity index is 1.56. The van der Waals surface area contributed by atoms with E-state index in [0.29, 0.717) is 18.0 Å². The summed E-state index contributed by atoms with van der Waals surface area (Å²) in [5.41, 5.74) is 3.76. The molecular formula is C21H29ClN4O2. The highest BCUT2D eigenvalue weighted by Crippen LogP contribution is 2.20. The Bertz CT molecular complexity index is 809. The third-order valence-electron chi connectivity index (χ3n) is 5.10. The third-order valence-corrected chi connectivity index (χ3v) is 5.35. The molecule has 2 heterocycles. The van der Waals surface area contributed by atoms with Crippen LogP contribution in [0.5, 0.6) is 0 Å². The van der Waals surface area contributed by atoms with Crippen LogP contribution in [-0.4, -0.2) is 59.0 Å². The molecule has 6 nitrogen and oxygen atoms in total. The number of aryl methyl sites for hydroxylation is 1. The summed E-state index contributed by atoms with van der Waals surface area (Å²) in [6, 6.07) is 7.53. The topological polar surface area (TPSA) is 59.4 Å². The van der Waals surface area contributed by atoms with E-state index in [1.807, 2.05) is 42.8 Å². The first-order chi connectivity index (χ1) is 13.3. The number of hydrogen-bond acceptors (Lipinski definition) is 4. The maximum absolute atomic E-state index is 12.5. The predicted molar refractivity (Wildman–Crippen MR) is 111 cm³/mol. The van der Waals surface area contributed by atoms with Gasteiger partial charge in [0.25, 0.3) is 0 Å². The normalized spacial score (nSPS) is 20.3. The largest absolute Gasteiger partial charge is 0.373 e. The van der Waals surface area contributed by atoms with E-state index in [0.717, 1.165) is 42.3 Å². The fourth-order valence-electron chi connectivity index (χ4n) is 3.81. The van der Waals surface area contributed by atoms with Gasteiger partial charge in [0.05, 0.1) is 30.0 Å². The number of nitrogens with zero attached hydrogens (tertiary/aromatic N) is 3. The first kappa shape index (κ1) is 20.8. The van der Waals surface area contributed by atoms with Crippen molar-refractivity contribution in [2.24, 2.45) is 0 Å². The van der Waals surface area contributed by atoms with Gasteiger partial charge in [0.1, 0.15) is 0 Å². The molecule has 0 bridgehead atoms. The zero-order chi connectivity index (χ0) is 20.3. The van der Waals surface area contributed by atoms with Crippen LogP contribution in [0.1, 0.15) is 30.8 Å². The van der Waals surface area contributed by atoms with Crippen LogP contribution in [0.4, 0.5) is 0 Å². The predicted octanol–water partition coefficient (Wildman–Crippen LogP) is 2.91. The molecule has 7 heteroatoms. The van der Waals surface area contributed by atoms with E-state index in [9.17, 15) is 4.79 Å². The van der Waals surface area contributed by atoms with Gasteiger partial charge in [-0.3, -0.25) is 9.69 Å². The van der Waals surface area contributed by atoms with Crippen molar-refractivity contribution in [1.29, 1.82) is 0 Å². The molecule has 1 amide bonds. The van der Waals surface area contributed by atoms with Crippen molar-refractivity contribution in [3.05, 3.63) is 46.2 Å². The number of benzene rings is 1. The quantitative estimate of drug-likeness (QED) is 0.804. The molecule has 2 aromatic rings. The van der Waals surface area contributed by atoms with Gasteiger partial charge in [0, 0.05) is 42.5 Å². The Morgan fingerprint density at radius 2 is 1.86 bits per heavy atom. The Kier molecular flexibility index (Phi) is 6.75. The molecule has 28 heavy (non-hydrogen) atoms. The van der Waals surface area contributed by atoms with Gasteiger partial charge in [-0.1, -0.05) is 11.6 Å². The number of morpholine rings is 1. The molecule has 0 spiro atoms. The summed E-state index contributed by atoms with van der Waals surface area (Å²) < 4.78 is 7.61. The van der Waals surface area contributed by atoms with E-state index in [-0.39, 0.29) is 18.1 Å². The molecule has 1 aliphatic heterocycles. The van der Waals surface area contributed by atoms with Crippen molar-refractivity contribution in [2.75, 3.05) is 26.2 Å². The monoisotopic (exact) mass is 404 g/mol. The van der Waals surface area contributed by atoms with Crippen LogP contribution in [0.25, 0.3) is 5.69 Å². The maximum Gasteiger partial charge on any atom is 0.224 e. The molecule has 0 aliphatic carbocycles. The highest BCUT2D eigenvalue weighted by molar-refractivity contribution is 6.30. The molecule has 1 aromatic heterocycles. The van der Waals surface area contributed by atoms with Gasteiger partial charge in [0.2, 0.25) is 5.91 Å².